The SMILES string of the molecule is CN1CCCC1c1cccnc1.c1ccoc1. The van der Waals surface area contributed by atoms with Crippen LogP contribution in [-0.2, 0) is 0 Å². The summed E-state index contributed by atoms with van der Waals surface area (Å²) in [6.07, 6.45) is 9.66. The molecule has 0 radical (unpaired) electrons. The molecule has 1 fully saturated rings. The minimum absolute atomic E-state index is 0.610. The van der Waals surface area contributed by atoms with Crippen molar-refractivity contribution in [3.05, 3.63) is 54.7 Å². The van der Waals surface area contributed by atoms with Crippen LogP contribution in [0.1, 0.15) is 24.4 Å². The van der Waals surface area contributed by atoms with Gasteiger partial charge in [0.1, 0.15) is 0 Å². The molecule has 90 valence electrons. The van der Waals surface area contributed by atoms with Gasteiger partial charge in [-0.2, -0.15) is 0 Å². The molecule has 1 unspecified atom stereocenters. The van der Waals surface area contributed by atoms with Gasteiger partial charge in [0, 0.05) is 18.4 Å². The van der Waals surface area contributed by atoms with E-state index in [0.717, 1.165) is 0 Å². The third-order valence-electron chi connectivity index (χ3n) is 3.02. The van der Waals surface area contributed by atoms with E-state index >= 15 is 0 Å². The Bertz CT molecular complexity index is 382. The second kappa shape index (κ2) is 6.21. The zero-order chi connectivity index (χ0) is 11.9. The number of aromatic nitrogens is 1. The summed E-state index contributed by atoms with van der Waals surface area (Å²) in [4.78, 5) is 6.54. The maximum atomic E-state index is 4.58. The van der Waals surface area contributed by atoms with Crippen molar-refractivity contribution in [3.63, 3.8) is 0 Å². The first-order valence-corrected chi connectivity index (χ1v) is 5.95. The number of rotatable bonds is 1. The van der Waals surface area contributed by atoms with Gasteiger partial charge in [-0.05, 0) is 50.2 Å². The average Bonchev–Trinajstić information content (AvgIpc) is 3.03. The number of pyridine rings is 1. The largest absolute Gasteiger partial charge is 0.473 e. The van der Waals surface area contributed by atoms with Crippen molar-refractivity contribution in [1.29, 1.82) is 0 Å². The Morgan fingerprint density at radius 2 is 2.12 bits per heavy atom. The van der Waals surface area contributed by atoms with Gasteiger partial charge in [-0.15, -0.1) is 0 Å². The van der Waals surface area contributed by atoms with Gasteiger partial charge in [0.25, 0.3) is 0 Å². The molecule has 1 aliphatic heterocycles. The van der Waals surface area contributed by atoms with Crippen LogP contribution in [0.25, 0.3) is 0 Å². The predicted octanol–water partition coefficient (Wildman–Crippen LogP) is 3.13. The van der Waals surface area contributed by atoms with Gasteiger partial charge < -0.3 is 4.42 Å². The summed E-state index contributed by atoms with van der Waals surface area (Å²) in [5.41, 5.74) is 1.36. The highest BCUT2D eigenvalue weighted by Crippen LogP contribution is 2.29. The normalized spacial score (nSPS) is 19.7. The van der Waals surface area contributed by atoms with Gasteiger partial charge in [0.05, 0.1) is 12.5 Å². The zero-order valence-electron chi connectivity index (χ0n) is 10.1. The van der Waals surface area contributed by atoms with Crippen LogP contribution >= 0.6 is 0 Å². The van der Waals surface area contributed by atoms with Crippen molar-refractivity contribution in [2.75, 3.05) is 13.6 Å². The van der Waals surface area contributed by atoms with E-state index in [-0.39, 0.29) is 0 Å². The van der Waals surface area contributed by atoms with Crippen molar-refractivity contribution in [1.82, 2.24) is 9.88 Å². The van der Waals surface area contributed by atoms with Gasteiger partial charge in [0.2, 0.25) is 0 Å². The molecular formula is C14H18N2O. The highest BCUT2D eigenvalue weighted by Gasteiger charge is 2.21. The van der Waals surface area contributed by atoms with E-state index in [1.54, 1.807) is 12.5 Å². The zero-order valence-corrected chi connectivity index (χ0v) is 10.1. The second-order valence-electron chi connectivity index (χ2n) is 4.22. The van der Waals surface area contributed by atoms with Crippen LogP contribution in [0.5, 0.6) is 0 Å². The van der Waals surface area contributed by atoms with Gasteiger partial charge >= 0.3 is 0 Å². The second-order valence-corrected chi connectivity index (χ2v) is 4.22. The summed E-state index contributed by atoms with van der Waals surface area (Å²) >= 11 is 0. The third kappa shape index (κ3) is 3.43. The minimum Gasteiger partial charge on any atom is -0.473 e. The van der Waals surface area contributed by atoms with Crippen molar-refractivity contribution in [2.45, 2.75) is 18.9 Å². The number of hydrogen-bond donors (Lipinski definition) is 0. The topological polar surface area (TPSA) is 29.3 Å². The molecule has 0 bridgehead atoms. The summed E-state index contributed by atoms with van der Waals surface area (Å²) in [6.45, 7) is 1.22. The Kier molecular flexibility index (Phi) is 4.33. The van der Waals surface area contributed by atoms with Crippen molar-refractivity contribution < 1.29 is 4.42 Å². The van der Waals surface area contributed by atoms with E-state index in [2.05, 4.69) is 27.4 Å². The number of hydrogen-bond acceptors (Lipinski definition) is 3. The fourth-order valence-corrected chi connectivity index (χ4v) is 2.13. The Morgan fingerprint density at radius 3 is 2.59 bits per heavy atom. The Morgan fingerprint density at radius 1 is 1.29 bits per heavy atom. The van der Waals surface area contributed by atoms with Crippen LogP contribution in [-0.4, -0.2) is 23.5 Å². The van der Waals surface area contributed by atoms with Gasteiger partial charge in [-0.3, -0.25) is 9.88 Å². The van der Waals surface area contributed by atoms with E-state index < -0.39 is 0 Å². The number of furan rings is 1. The van der Waals surface area contributed by atoms with E-state index in [1.165, 1.54) is 24.9 Å². The van der Waals surface area contributed by atoms with Crippen LogP contribution in [0.15, 0.2) is 53.6 Å². The van der Waals surface area contributed by atoms with Gasteiger partial charge in [-0.1, -0.05) is 6.07 Å². The number of nitrogens with zero attached hydrogens (tertiary/aromatic N) is 2. The first kappa shape index (κ1) is 11.9. The van der Waals surface area contributed by atoms with Crippen LogP contribution in [0.3, 0.4) is 0 Å². The molecule has 1 aliphatic rings. The lowest BCUT2D eigenvalue weighted by Gasteiger charge is -2.18. The summed E-state index contributed by atoms with van der Waals surface area (Å²) in [5.74, 6) is 0. The number of likely N-dealkylation sites (tertiary alicyclic amines) is 1. The molecule has 1 saturated heterocycles. The predicted molar refractivity (Wildman–Crippen MR) is 67.6 cm³/mol. The standard InChI is InChI=1S/C10H14N2.C4H4O/c1-12-7-3-5-10(12)9-4-2-6-11-8-9;1-2-4-5-3-1/h2,4,6,8,10H,3,5,7H2,1H3;1-4H. The van der Waals surface area contributed by atoms with Crippen molar-refractivity contribution in [2.24, 2.45) is 0 Å². The first-order chi connectivity index (χ1) is 8.38. The highest BCUT2D eigenvalue weighted by molar-refractivity contribution is 5.14. The van der Waals surface area contributed by atoms with E-state index in [4.69, 9.17) is 0 Å². The molecule has 0 saturated carbocycles. The van der Waals surface area contributed by atoms with Crippen molar-refractivity contribution in [3.8, 4) is 0 Å². The molecule has 1 atom stereocenters. The van der Waals surface area contributed by atoms with E-state index in [0.29, 0.717) is 6.04 Å². The Labute approximate surface area is 102 Å². The lowest BCUT2D eigenvalue weighted by atomic mass is 10.1. The fraction of sp³-hybridized carbons (Fsp3) is 0.357. The van der Waals surface area contributed by atoms with E-state index in [9.17, 15) is 0 Å². The average molecular weight is 230 g/mol. The fourth-order valence-electron chi connectivity index (χ4n) is 2.13. The quantitative estimate of drug-likeness (QED) is 0.753. The maximum absolute atomic E-state index is 4.58. The smallest absolute Gasteiger partial charge is 0.0902 e. The molecule has 0 amide bonds. The molecule has 3 heteroatoms. The van der Waals surface area contributed by atoms with Crippen LogP contribution in [0.4, 0.5) is 0 Å². The van der Waals surface area contributed by atoms with Crippen LogP contribution < -0.4 is 0 Å². The molecule has 0 spiro atoms. The molecule has 3 nitrogen and oxygen atoms in total. The lowest BCUT2D eigenvalue weighted by Crippen LogP contribution is -2.17. The molecule has 17 heavy (non-hydrogen) atoms. The van der Waals surface area contributed by atoms with E-state index in [1.807, 2.05) is 30.6 Å². The monoisotopic (exact) mass is 230 g/mol. The summed E-state index contributed by atoms with van der Waals surface area (Å²) in [5, 5.41) is 0. The molecule has 2 aromatic rings. The third-order valence-corrected chi connectivity index (χ3v) is 3.02. The molecule has 0 N–H and O–H groups in total. The summed E-state index contributed by atoms with van der Waals surface area (Å²) in [6, 6.07) is 8.46. The Hall–Kier alpha value is -1.61. The Balaban J connectivity index is 0.000000181. The van der Waals surface area contributed by atoms with Gasteiger partial charge in [0.15, 0.2) is 0 Å². The van der Waals surface area contributed by atoms with Crippen LogP contribution in [0, 0.1) is 0 Å². The first-order valence-electron chi connectivity index (χ1n) is 5.95. The molecular weight excluding hydrogens is 212 g/mol. The van der Waals surface area contributed by atoms with Crippen LogP contribution in [0.2, 0.25) is 0 Å². The molecule has 3 heterocycles. The molecule has 0 aliphatic carbocycles. The van der Waals surface area contributed by atoms with Crippen molar-refractivity contribution >= 4 is 0 Å². The summed E-state index contributed by atoms with van der Waals surface area (Å²) < 4.78 is 4.58. The molecule has 0 aromatic carbocycles. The molecule has 3 rings (SSSR count). The van der Waals surface area contributed by atoms with Gasteiger partial charge in [-0.25, -0.2) is 0 Å². The summed E-state index contributed by atoms with van der Waals surface area (Å²) in [7, 11) is 2.19. The molecule has 2 aromatic heterocycles. The highest BCUT2D eigenvalue weighted by atomic mass is 16.3. The minimum atomic E-state index is 0.610. The lowest BCUT2D eigenvalue weighted by molar-refractivity contribution is 0.317. The maximum Gasteiger partial charge on any atom is 0.0902 e.